The van der Waals surface area contributed by atoms with Gasteiger partial charge in [0.05, 0.1) is 0 Å². The number of nitrogens with zero attached hydrogens (tertiary/aromatic N) is 1. The van der Waals surface area contributed by atoms with E-state index in [1.54, 1.807) is 6.07 Å². The van der Waals surface area contributed by atoms with Crippen molar-refractivity contribution in [3.8, 4) is 5.75 Å². The van der Waals surface area contributed by atoms with Crippen molar-refractivity contribution in [2.75, 3.05) is 13.6 Å². The van der Waals surface area contributed by atoms with Crippen LogP contribution in [0.1, 0.15) is 51.2 Å². The molecule has 0 aliphatic carbocycles. The molecule has 0 unspecified atom stereocenters. The molecule has 1 aromatic carbocycles. The highest BCUT2D eigenvalue weighted by Crippen LogP contribution is 2.32. The lowest BCUT2D eigenvalue weighted by molar-refractivity contribution is -0.00663. The normalized spacial score (nSPS) is 12.3. The Bertz CT molecular complexity index is 468. The van der Waals surface area contributed by atoms with Crippen LogP contribution in [0.15, 0.2) is 24.3 Å². The molecular formula is C18H28FNO. The first-order valence-electron chi connectivity index (χ1n) is 7.79. The van der Waals surface area contributed by atoms with E-state index in [1.165, 1.54) is 5.57 Å². The number of rotatable bonds is 8. The minimum Gasteiger partial charge on any atom is -0.304 e. The number of allylic oxidation sites excluding steroid dienone is 1. The lowest BCUT2D eigenvalue weighted by atomic mass is 9.95. The minimum atomic E-state index is 0.324. The summed E-state index contributed by atoms with van der Waals surface area (Å²) >= 11 is 0. The van der Waals surface area contributed by atoms with Crippen molar-refractivity contribution in [1.29, 1.82) is 0 Å². The van der Waals surface area contributed by atoms with Crippen LogP contribution in [-0.2, 0) is 0 Å². The zero-order chi connectivity index (χ0) is 15.8. The van der Waals surface area contributed by atoms with Gasteiger partial charge >= 0.3 is 0 Å². The fourth-order valence-electron chi connectivity index (χ4n) is 2.32. The first kappa shape index (κ1) is 17.7. The molecule has 0 amide bonds. The van der Waals surface area contributed by atoms with E-state index < -0.39 is 0 Å². The summed E-state index contributed by atoms with van der Waals surface area (Å²) < 4.78 is 12.8. The van der Waals surface area contributed by atoms with Crippen molar-refractivity contribution >= 4 is 5.57 Å². The fraction of sp³-hybridized carbons (Fsp3) is 0.556. The summed E-state index contributed by atoms with van der Waals surface area (Å²) in [5.41, 5.74) is 3.14. The first-order valence-corrected chi connectivity index (χ1v) is 7.79. The van der Waals surface area contributed by atoms with Crippen molar-refractivity contribution in [3.63, 3.8) is 0 Å². The number of aryl methyl sites for hydroxylation is 1. The maximum atomic E-state index is 12.8. The van der Waals surface area contributed by atoms with Crippen LogP contribution in [0.25, 0.3) is 5.57 Å². The highest BCUT2D eigenvalue weighted by molar-refractivity contribution is 5.73. The van der Waals surface area contributed by atoms with Crippen LogP contribution in [-0.4, -0.2) is 24.5 Å². The molecule has 0 spiro atoms. The molecule has 0 aromatic heterocycles. The smallest absolute Gasteiger partial charge is 0.179 e. The van der Waals surface area contributed by atoms with Crippen LogP contribution in [0.5, 0.6) is 5.75 Å². The van der Waals surface area contributed by atoms with Crippen molar-refractivity contribution in [2.45, 2.75) is 53.0 Å². The van der Waals surface area contributed by atoms with E-state index in [4.69, 9.17) is 0 Å². The van der Waals surface area contributed by atoms with Crippen molar-refractivity contribution < 1.29 is 9.47 Å². The Morgan fingerprint density at radius 1 is 1.38 bits per heavy atom. The number of benzene rings is 1. The Kier molecular flexibility index (Phi) is 7.44. The van der Waals surface area contributed by atoms with Gasteiger partial charge in [-0.25, -0.2) is 0 Å². The Balaban J connectivity index is 3.03. The molecule has 0 bridgehead atoms. The second-order valence-corrected chi connectivity index (χ2v) is 5.87. The SMILES string of the molecule is CCC/C=C(/CCN(C)C(C)C)c1c(C)cccc1OF. The minimum absolute atomic E-state index is 0.324. The number of halogens is 1. The lowest BCUT2D eigenvalue weighted by Gasteiger charge is -2.22. The van der Waals surface area contributed by atoms with Gasteiger partial charge < -0.3 is 4.90 Å². The average Bonchev–Trinajstić information content (AvgIpc) is 2.47. The second-order valence-electron chi connectivity index (χ2n) is 5.87. The maximum absolute atomic E-state index is 12.8. The zero-order valence-electron chi connectivity index (χ0n) is 13.9. The molecule has 0 aliphatic heterocycles. The van der Waals surface area contributed by atoms with Gasteiger partial charge in [0, 0.05) is 22.7 Å². The molecule has 2 nitrogen and oxygen atoms in total. The van der Waals surface area contributed by atoms with E-state index in [1.807, 2.05) is 19.1 Å². The predicted molar refractivity (Wildman–Crippen MR) is 88.2 cm³/mol. The summed E-state index contributed by atoms with van der Waals surface area (Å²) in [5, 5.41) is 0. The van der Waals surface area contributed by atoms with Gasteiger partial charge in [-0.1, -0.05) is 31.6 Å². The van der Waals surface area contributed by atoms with Crippen LogP contribution >= 0.6 is 0 Å². The molecule has 0 radical (unpaired) electrons. The molecule has 3 heteroatoms. The van der Waals surface area contributed by atoms with Gasteiger partial charge in [0.15, 0.2) is 5.75 Å². The van der Waals surface area contributed by atoms with Gasteiger partial charge in [-0.3, -0.25) is 4.94 Å². The Hall–Kier alpha value is -1.35. The highest BCUT2D eigenvalue weighted by atomic mass is 19.3. The van der Waals surface area contributed by atoms with Gasteiger partial charge in [-0.15, -0.1) is 0 Å². The van der Waals surface area contributed by atoms with E-state index in [9.17, 15) is 4.53 Å². The van der Waals surface area contributed by atoms with Crippen LogP contribution < -0.4 is 4.94 Å². The molecule has 1 rings (SSSR count). The number of hydrogen-bond acceptors (Lipinski definition) is 2. The molecule has 21 heavy (non-hydrogen) atoms. The summed E-state index contributed by atoms with van der Waals surface area (Å²) in [7, 11) is 2.12. The van der Waals surface area contributed by atoms with Crippen LogP contribution in [0.4, 0.5) is 4.53 Å². The molecule has 0 fully saturated rings. The van der Waals surface area contributed by atoms with Gasteiger partial charge in [0.1, 0.15) is 0 Å². The fourth-order valence-corrected chi connectivity index (χ4v) is 2.32. The summed E-state index contributed by atoms with van der Waals surface area (Å²) in [4.78, 5) is 6.39. The summed E-state index contributed by atoms with van der Waals surface area (Å²) in [5.74, 6) is 0.324. The molecule has 0 heterocycles. The topological polar surface area (TPSA) is 12.5 Å². The van der Waals surface area contributed by atoms with Crippen molar-refractivity contribution in [1.82, 2.24) is 4.90 Å². The zero-order valence-corrected chi connectivity index (χ0v) is 13.9. The predicted octanol–water partition coefficient (Wildman–Crippen LogP) is 5.17. The molecular weight excluding hydrogens is 265 g/mol. The van der Waals surface area contributed by atoms with Crippen LogP contribution in [0, 0.1) is 6.92 Å². The van der Waals surface area contributed by atoms with Crippen LogP contribution in [0.2, 0.25) is 0 Å². The van der Waals surface area contributed by atoms with E-state index in [0.29, 0.717) is 11.8 Å². The van der Waals surface area contributed by atoms with Crippen LogP contribution in [0.3, 0.4) is 0 Å². The second kappa shape index (κ2) is 8.83. The standard InChI is InChI=1S/C18H28FNO/c1-6-7-10-16(12-13-20(5)14(2)3)18-15(4)9-8-11-17(18)21-19/h8-11,14H,6-7,12-13H2,1-5H3/b16-10-. The molecule has 0 aliphatic rings. The third-order valence-electron chi connectivity index (χ3n) is 3.93. The Labute approximate surface area is 128 Å². The van der Waals surface area contributed by atoms with E-state index in [-0.39, 0.29) is 0 Å². The Morgan fingerprint density at radius 3 is 2.67 bits per heavy atom. The van der Waals surface area contributed by atoms with E-state index >= 15 is 0 Å². The van der Waals surface area contributed by atoms with Gasteiger partial charge in [0.2, 0.25) is 0 Å². The molecule has 0 saturated heterocycles. The molecule has 118 valence electrons. The average molecular weight is 293 g/mol. The monoisotopic (exact) mass is 293 g/mol. The first-order chi connectivity index (χ1) is 10.0. The van der Waals surface area contributed by atoms with Gasteiger partial charge in [0.25, 0.3) is 0 Å². The lowest BCUT2D eigenvalue weighted by Crippen LogP contribution is -2.27. The molecule has 0 atom stereocenters. The Morgan fingerprint density at radius 2 is 2.10 bits per heavy atom. The quantitative estimate of drug-likeness (QED) is 0.655. The van der Waals surface area contributed by atoms with E-state index in [0.717, 1.165) is 36.9 Å². The summed E-state index contributed by atoms with van der Waals surface area (Å²) in [6.07, 6.45) is 5.21. The third-order valence-corrected chi connectivity index (χ3v) is 3.93. The van der Waals surface area contributed by atoms with Gasteiger partial charge in [-0.05, 0) is 57.9 Å². The van der Waals surface area contributed by atoms with Gasteiger partial charge in [-0.2, -0.15) is 0 Å². The third kappa shape index (κ3) is 5.16. The molecule has 1 aromatic rings. The largest absolute Gasteiger partial charge is 0.304 e. The number of unbranched alkanes of at least 4 members (excludes halogenated alkanes) is 1. The molecule has 0 N–H and O–H groups in total. The number of hydrogen-bond donors (Lipinski definition) is 0. The van der Waals surface area contributed by atoms with E-state index in [2.05, 4.69) is 43.7 Å². The van der Waals surface area contributed by atoms with Crippen molar-refractivity contribution in [2.24, 2.45) is 0 Å². The van der Waals surface area contributed by atoms with Crippen molar-refractivity contribution in [3.05, 3.63) is 35.4 Å². The summed E-state index contributed by atoms with van der Waals surface area (Å²) in [6.45, 7) is 9.47. The maximum Gasteiger partial charge on any atom is 0.179 e. The summed E-state index contributed by atoms with van der Waals surface area (Å²) in [6, 6.07) is 6.02. The highest BCUT2D eigenvalue weighted by Gasteiger charge is 2.14. The molecule has 0 saturated carbocycles.